The highest BCUT2D eigenvalue weighted by molar-refractivity contribution is 5.90. The zero-order valence-corrected chi connectivity index (χ0v) is 19.2. The second-order valence-electron chi connectivity index (χ2n) is 9.29. The van der Waals surface area contributed by atoms with E-state index >= 15 is 0 Å². The number of rotatable bonds is 7. The molecule has 0 spiro atoms. The van der Waals surface area contributed by atoms with Gasteiger partial charge in [0.1, 0.15) is 0 Å². The van der Waals surface area contributed by atoms with Crippen LogP contribution in [0.15, 0.2) is 60.8 Å². The van der Waals surface area contributed by atoms with Gasteiger partial charge in [0.2, 0.25) is 0 Å². The summed E-state index contributed by atoms with van der Waals surface area (Å²) in [5.74, 6) is 0.646. The highest BCUT2D eigenvalue weighted by Gasteiger charge is 2.35. The van der Waals surface area contributed by atoms with Crippen molar-refractivity contribution in [1.29, 1.82) is 0 Å². The number of nitrogens with one attached hydrogen (secondary N) is 2. The Balaban J connectivity index is 1.41. The van der Waals surface area contributed by atoms with Crippen LogP contribution >= 0.6 is 0 Å². The van der Waals surface area contributed by atoms with Crippen molar-refractivity contribution in [2.45, 2.75) is 49.7 Å². The number of anilines is 1. The monoisotopic (exact) mass is 456 g/mol. The maximum absolute atomic E-state index is 6.65. The SMILES string of the molecule is NCCC(Nc1cccc(-c2[nH]nc3nc(C4(N)CCC(N)CC4)ncc23)c1)c1ccccc1. The van der Waals surface area contributed by atoms with Gasteiger partial charge in [0, 0.05) is 23.5 Å². The number of hydrogen-bond acceptors (Lipinski definition) is 7. The molecular weight excluding hydrogens is 424 g/mol. The third-order valence-electron chi connectivity index (χ3n) is 6.83. The molecule has 1 aliphatic carbocycles. The van der Waals surface area contributed by atoms with Gasteiger partial charge in [0.15, 0.2) is 11.5 Å². The van der Waals surface area contributed by atoms with Gasteiger partial charge < -0.3 is 22.5 Å². The maximum atomic E-state index is 6.65. The van der Waals surface area contributed by atoms with E-state index in [1.807, 2.05) is 18.3 Å². The molecule has 1 fully saturated rings. The number of aromatic nitrogens is 4. The third-order valence-corrected chi connectivity index (χ3v) is 6.83. The molecule has 0 saturated heterocycles. The first-order valence-corrected chi connectivity index (χ1v) is 11.9. The molecule has 0 amide bonds. The molecule has 1 unspecified atom stereocenters. The predicted octanol–water partition coefficient (Wildman–Crippen LogP) is 3.58. The van der Waals surface area contributed by atoms with Crippen LogP contribution in [0, 0.1) is 0 Å². The lowest BCUT2D eigenvalue weighted by Crippen LogP contribution is -2.44. The summed E-state index contributed by atoms with van der Waals surface area (Å²) < 4.78 is 0. The standard InChI is InChI=1S/C26H32N8/c27-14-11-22(17-5-2-1-3-6-17)31-20-8-4-7-18(15-20)23-21-16-30-25(32-24(21)34-33-23)26(29)12-9-19(28)10-13-26/h1-8,15-16,19,22,31H,9-14,27-29H2,(H,30,32,33,34). The molecule has 5 rings (SSSR count). The van der Waals surface area contributed by atoms with E-state index in [2.05, 4.69) is 63.0 Å². The number of fused-ring (bicyclic) bond motifs is 1. The van der Waals surface area contributed by atoms with Crippen LogP contribution in [0.1, 0.15) is 49.5 Å². The first-order chi connectivity index (χ1) is 16.6. The quantitative estimate of drug-likeness (QED) is 0.286. The lowest BCUT2D eigenvalue weighted by Gasteiger charge is -2.34. The Morgan fingerprint density at radius 1 is 1.09 bits per heavy atom. The summed E-state index contributed by atoms with van der Waals surface area (Å²) >= 11 is 0. The molecule has 2 aromatic carbocycles. The van der Waals surface area contributed by atoms with Gasteiger partial charge in [-0.05, 0) is 56.3 Å². The molecule has 34 heavy (non-hydrogen) atoms. The smallest absolute Gasteiger partial charge is 0.184 e. The number of nitrogens with two attached hydrogens (primary N) is 3. The Morgan fingerprint density at radius 3 is 2.65 bits per heavy atom. The molecule has 1 saturated carbocycles. The Morgan fingerprint density at radius 2 is 1.88 bits per heavy atom. The fourth-order valence-electron chi connectivity index (χ4n) is 4.78. The molecule has 2 heterocycles. The number of nitrogens with zero attached hydrogens (tertiary/aromatic N) is 3. The fraction of sp³-hybridized carbons (Fsp3) is 0.346. The predicted molar refractivity (Wildman–Crippen MR) is 136 cm³/mol. The molecule has 8 N–H and O–H groups in total. The normalized spacial score (nSPS) is 21.4. The Hall–Kier alpha value is -3.33. The van der Waals surface area contributed by atoms with E-state index in [9.17, 15) is 0 Å². The van der Waals surface area contributed by atoms with E-state index in [4.69, 9.17) is 22.2 Å². The Kier molecular flexibility index (Phi) is 6.28. The zero-order chi connectivity index (χ0) is 23.5. The molecule has 2 aromatic heterocycles. The number of H-pyrrole nitrogens is 1. The van der Waals surface area contributed by atoms with Crippen LogP contribution in [0.5, 0.6) is 0 Å². The Bertz CT molecular complexity index is 1240. The molecular formula is C26H32N8. The van der Waals surface area contributed by atoms with Gasteiger partial charge in [-0.15, -0.1) is 0 Å². The minimum absolute atomic E-state index is 0.134. The lowest BCUT2D eigenvalue weighted by atomic mass is 9.80. The van der Waals surface area contributed by atoms with Crippen LogP contribution in [-0.2, 0) is 5.54 Å². The van der Waals surface area contributed by atoms with Gasteiger partial charge in [-0.3, -0.25) is 5.10 Å². The second-order valence-corrected chi connectivity index (χ2v) is 9.29. The maximum Gasteiger partial charge on any atom is 0.184 e. The summed E-state index contributed by atoms with van der Waals surface area (Å²) in [6, 6.07) is 19.0. The van der Waals surface area contributed by atoms with Crippen molar-refractivity contribution in [2.24, 2.45) is 17.2 Å². The summed E-state index contributed by atoms with van der Waals surface area (Å²) in [6.45, 7) is 0.603. The van der Waals surface area contributed by atoms with Crippen LogP contribution in [0.2, 0.25) is 0 Å². The van der Waals surface area contributed by atoms with Crippen LogP contribution in [0.25, 0.3) is 22.3 Å². The van der Waals surface area contributed by atoms with Gasteiger partial charge >= 0.3 is 0 Å². The molecule has 8 nitrogen and oxygen atoms in total. The largest absolute Gasteiger partial charge is 0.378 e. The van der Waals surface area contributed by atoms with Gasteiger partial charge in [0.25, 0.3) is 0 Å². The first kappa shape index (κ1) is 22.5. The highest BCUT2D eigenvalue weighted by Crippen LogP contribution is 2.34. The van der Waals surface area contributed by atoms with E-state index in [1.165, 1.54) is 5.56 Å². The van der Waals surface area contributed by atoms with E-state index in [0.717, 1.165) is 54.4 Å². The van der Waals surface area contributed by atoms with Gasteiger partial charge in [0.05, 0.1) is 22.7 Å². The van der Waals surface area contributed by atoms with E-state index in [0.29, 0.717) is 18.0 Å². The summed E-state index contributed by atoms with van der Waals surface area (Å²) in [6.07, 6.45) is 6.02. The van der Waals surface area contributed by atoms with Crippen molar-refractivity contribution in [3.8, 4) is 11.3 Å². The average molecular weight is 457 g/mol. The van der Waals surface area contributed by atoms with Gasteiger partial charge in [-0.1, -0.05) is 42.5 Å². The zero-order valence-electron chi connectivity index (χ0n) is 19.2. The number of benzene rings is 2. The van der Waals surface area contributed by atoms with Crippen molar-refractivity contribution < 1.29 is 0 Å². The van der Waals surface area contributed by atoms with Crippen molar-refractivity contribution in [1.82, 2.24) is 20.2 Å². The van der Waals surface area contributed by atoms with Gasteiger partial charge in [-0.2, -0.15) is 5.10 Å². The van der Waals surface area contributed by atoms with Crippen molar-refractivity contribution in [3.05, 3.63) is 72.2 Å². The van der Waals surface area contributed by atoms with E-state index < -0.39 is 5.54 Å². The molecule has 0 aliphatic heterocycles. The van der Waals surface area contributed by atoms with Crippen LogP contribution in [0.3, 0.4) is 0 Å². The van der Waals surface area contributed by atoms with Crippen molar-refractivity contribution in [3.63, 3.8) is 0 Å². The number of aromatic amines is 1. The fourth-order valence-corrected chi connectivity index (χ4v) is 4.78. The summed E-state index contributed by atoms with van der Waals surface area (Å²) in [7, 11) is 0. The topological polar surface area (TPSA) is 145 Å². The molecule has 4 aromatic rings. The van der Waals surface area contributed by atoms with Gasteiger partial charge in [-0.25, -0.2) is 9.97 Å². The van der Waals surface area contributed by atoms with Crippen LogP contribution in [0.4, 0.5) is 5.69 Å². The minimum atomic E-state index is -0.539. The second kappa shape index (κ2) is 9.50. The van der Waals surface area contributed by atoms with E-state index in [1.54, 1.807) is 0 Å². The molecule has 1 aliphatic rings. The summed E-state index contributed by atoms with van der Waals surface area (Å²) in [5.41, 5.74) is 22.8. The van der Waals surface area contributed by atoms with Crippen molar-refractivity contribution >= 4 is 16.7 Å². The van der Waals surface area contributed by atoms with Crippen LogP contribution in [-0.4, -0.2) is 32.8 Å². The molecule has 1 atom stereocenters. The van der Waals surface area contributed by atoms with Crippen LogP contribution < -0.4 is 22.5 Å². The molecule has 0 bridgehead atoms. The highest BCUT2D eigenvalue weighted by atomic mass is 15.2. The number of hydrogen-bond donors (Lipinski definition) is 5. The average Bonchev–Trinajstić information content (AvgIpc) is 3.30. The summed E-state index contributed by atoms with van der Waals surface area (Å²) in [4.78, 5) is 9.38. The van der Waals surface area contributed by atoms with Crippen molar-refractivity contribution in [2.75, 3.05) is 11.9 Å². The molecule has 0 radical (unpaired) electrons. The van der Waals surface area contributed by atoms with E-state index in [-0.39, 0.29) is 12.1 Å². The molecule has 176 valence electrons. The third kappa shape index (κ3) is 4.52. The molecule has 8 heteroatoms. The minimum Gasteiger partial charge on any atom is -0.378 e. The first-order valence-electron chi connectivity index (χ1n) is 11.9. The lowest BCUT2D eigenvalue weighted by molar-refractivity contribution is 0.265. The Labute approximate surface area is 199 Å². The summed E-state index contributed by atoms with van der Waals surface area (Å²) in [5, 5.41) is 12.1.